The molecule has 0 fully saturated rings. The van der Waals surface area contributed by atoms with E-state index in [0.717, 1.165) is 19.3 Å². The minimum atomic E-state index is -4.11. The van der Waals surface area contributed by atoms with Crippen LogP contribution >= 0.6 is 0 Å². The lowest BCUT2D eigenvalue weighted by Crippen LogP contribution is -2.44. The van der Waals surface area contributed by atoms with Gasteiger partial charge in [-0.2, -0.15) is 0 Å². The fourth-order valence-corrected chi connectivity index (χ4v) is 5.29. The normalized spacial score (nSPS) is 15.8. The highest BCUT2D eigenvalue weighted by Gasteiger charge is 2.26. The van der Waals surface area contributed by atoms with Crippen LogP contribution in [0.4, 0.5) is 0 Å². The fourth-order valence-electron chi connectivity index (χ4n) is 4.05. The van der Waals surface area contributed by atoms with Crippen LogP contribution < -0.4 is 5.32 Å². The van der Waals surface area contributed by atoms with Gasteiger partial charge in [-0.3, -0.25) is 4.90 Å². The maximum absolute atomic E-state index is 10.4. The van der Waals surface area contributed by atoms with Crippen molar-refractivity contribution in [1.82, 2.24) is 10.2 Å². The summed E-state index contributed by atoms with van der Waals surface area (Å²) in [6, 6.07) is -0.305. The molecule has 10 N–H and O–H groups in total. The average molecular weight is 635 g/mol. The van der Waals surface area contributed by atoms with E-state index in [1.807, 2.05) is 4.90 Å². The number of nitrogens with zero attached hydrogens (tertiary/aromatic N) is 1. The fraction of sp³-hybridized carbons (Fsp3) is 1.00. The van der Waals surface area contributed by atoms with E-state index in [1.54, 1.807) is 0 Å². The first kappa shape index (κ1) is 40.9. The van der Waals surface area contributed by atoms with E-state index in [1.165, 1.54) is 6.42 Å². The summed E-state index contributed by atoms with van der Waals surface area (Å²) in [7, 11) is -8.22. The van der Waals surface area contributed by atoms with Gasteiger partial charge in [0.05, 0.1) is 38.1 Å². The third kappa shape index (κ3) is 28.4. The van der Waals surface area contributed by atoms with Crippen LogP contribution in [0.25, 0.3) is 0 Å². The highest BCUT2D eigenvalue weighted by molar-refractivity contribution is 6.56. The molecule has 16 heteroatoms. The van der Waals surface area contributed by atoms with Gasteiger partial charge in [0.25, 0.3) is 0 Å². The summed E-state index contributed by atoms with van der Waals surface area (Å²) in [5.41, 5.74) is 0. The first-order chi connectivity index (χ1) is 19.3. The molecule has 0 rings (SSSR count). The van der Waals surface area contributed by atoms with Crippen molar-refractivity contribution in [3.05, 3.63) is 0 Å². The third-order valence-electron chi connectivity index (χ3n) is 6.35. The first-order valence-electron chi connectivity index (χ1n) is 14.8. The van der Waals surface area contributed by atoms with Gasteiger partial charge in [-0.05, 0) is 25.2 Å². The molecule has 0 bridgehead atoms. The summed E-state index contributed by atoms with van der Waals surface area (Å²) < 4.78 is 16.4. The zero-order chi connectivity index (χ0) is 31.2. The van der Waals surface area contributed by atoms with Crippen molar-refractivity contribution in [2.45, 2.75) is 82.8 Å². The smallest absolute Gasteiger partial charge is 0.390 e. The van der Waals surface area contributed by atoms with Crippen LogP contribution in [0.15, 0.2) is 0 Å². The van der Waals surface area contributed by atoms with Crippen molar-refractivity contribution in [3.63, 3.8) is 0 Å². The predicted octanol–water partition coefficient (Wildman–Crippen LogP) is -2.16. The molecule has 4 unspecified atom stereocenters. The minimum absolute atomic E-state index is 0.0183. The molecule has 0 aliphatic heterocycles. The minimum Gasteiger partial charge on any atom is -0.390 e. The van der Waals surface area contributed by atoms with E-state index < -0.39 is 35.9 Å². The Balaban J connectivity index is 4.51. The van der Waals surface area contributed by atoms with Crippen LogP contribution in [-0.2, 0) is 14.2 Å². The number of ether oxygens (including phenoxy) is 3. The van der Waals surface area contributed by atoms with Crippen molar-refractivity contribution in [3.8, 4) is 0 Å². The van der Waals surface area contributed by atoms with Crippen LogP contribution in [0.1, 0.15) is 52.4 Å². The lowest BCUT2D eigenvalue weighted by Gasteiger charge is -2.27. The molecule has 0 aromatic heterocycles. The van der Waals surface area contributed by atoms with Crippen molar-refractivity contribution in [1.29, 1.82) is 0 Å². The molecular formula is C25H58N2O12Si2. The quantitative estimate of drug-likeness (QED) is 0.0313. The maximum atomic E-state index is 10.4. The second kappa shape index (κ2) is 24.2. The molecule has 0 aliphatic rings. The van der Waals surface area contributed by atoms with Gasteiger partial charge in [-0.25, -0.2) is 0 Å². The monoisotopic (exact) mass is 634 g/mol. The van der Waals surface area contributed by atoms with Crippen molar-refractivity contribution >= 4 is 17.6 Å². The number of hydrogen-bond acceptors (Lipinski definition) is 14. The number of hydrogen-bond donors (Lipinski definition) is 10. The van der Waals surface area contributed by atoms with Gasteiger partial charge >= 0.3 is 17.6 Å². The van der Waals surface area contributed by atoms with Gasteiger partial charge in [0.1, 0.15) is 0 Å². The van der Waals surface area contributed by atoms with E-state index in [-0.39, 0.29) is 71.1 Å². The molecule has 0 amide bonds. The predicted molar refractivity (Wildman–Crippen MR) is 157 cm³/mol. The topological polar surface area (TPSA) is 225 Å². The molecule has 41 heavy (non-hydrogen) atoms. The Morgan fingerprint density at radius 2 is 1.20 bits per heavy atom. The summed E-state index contributed by atoms with van der Waals surface area (Å²) in [4.78, 5) is 56.1. The molecule has 0 radical (unpaired) electrons. The SMILES string of the molecule is CCCCC(CC)COCC(O)CNCCN(CC(O)COCCC[Si](O)(O)O)CC(O)COCCC[Si](O)(O)O. The highest BCUT2D eigenvalue weighted by atomic mass is 28.4. The van der Waals surface area contributed by atoms with Crippen LogP contribution in [0, 0.1) is 5.92 Å². The van der Waals surface area contributed by atoms with Crippen molar-refractivity contribution in [2.75, 3.05) is 72.4 Å². The van der Waals surface area contributed by atoms with Crippen molar-refractivity contribution in [2.24, 2.45) is 5.92 Å². The number of aliphatic hydroxyl groups excluding tert-OH is 3. The average Bonchev–Trinajstić information content (AvgIpc) is 2.86. The number of unbranched alkanes of at least 4 members (excludes halogenated alkanes) is 1. The van der Waals surface area contributed by atoms with Gasteiger partial charge in [-0.1, -0.05) is 33.1 Å². The van der Waals surface area contributed by atoms with E-state index in [9.17, 15) is 15.3 Å². The second-order valence-corrected chi connectivity index (χ2v) is 14.9. The zero-order valence-corrected chi connectivity index (χ0v) is 26.9. The molecule has 4 atom stereocenters. The molecule has 0 saturated carbocycles. The van der Waals surface area contributed by atoms with Gasteiger partial charge < -0.3 is 63.6 Å². The van der Waals surface area contributed by atoms with Gasteiger partial charge in [0.2, 0.25) is 0 Å². The summed E-state index contributed by atoms with van der Waals surface area (Å²) in [6.07, 6.45) is 2.52. The molecule has 0 saturated heterocycles. The second-order valence-electron chi connectivity index (χ2n) is 10.8. The Morgan fingerprint density at radius 1 is 0.683 bits per heavy atom. The van der Waals surface area contributed by atoms with Crippen LogP contribution in [0.5, 0.6) is 0 Å². The summed E-state index contributed by atoms with van der Waals surface area (Å²) in [5, 5.41) is 34.2. The molecular weight excluding hydrogens is 576 g/mol. The Morgan fingerprint density at radius 3 is 1.66 bits per heavy atom. The Bertz CT molecular complexity index is 570. The summed E-state index contributed by atoms with van der Waals surface area (Å²) in [6.45, 7) is 7.01. The highest BCUT2D eigenvalue weighted by Crippen LogP contribution is 2.13. The van der Waals surface area contributed by atoms with E-state index >= 15 is 0 Å². The summed E-state index contributed by atoms with van der Waals surface area (Å²) in [5.74, 6) is 0.498. The van der Waals surface area contributed by atoms with E-state index in [2.05, 4.69) is 19.2 Å². The van der Waals surface area contributed by atoms with Crippen molar-refractivity contribution < 1.29 is 58.3 Å². The zero-order valence-electron chi connectivity index (χ0n) is 24.9. The standard InChI is InChI=1S/C25H58N2O12Si2/c1-3-5-8-22(4-2)18-39-19-23(28)15-26-9-10-27(16-24(29)20-37-11-6-13-40(31,32)33)17-25(30)21-38-12-7-14-41(34,35)36/h22-26,28-36H,3-21H2,1-2H3. The molecule has 248 valence electrons. The summed E-state index contributed by atoms with van der Waals surface area (Å²) >= 11 is 0. The lowest BCUT2D eigenvalue weighted by atomic mass is 10.0. The number of rotatable bonds is 29. The van der Waals surface area contributed by atoms with Gasteiger partial charge in [0, 0.05) is 64.6 Å². The maximum Gasteiger partial charge on any atom is 0.492 e. The molecule has 0 aromatic carbocycles. The Hall–Kier alpha value is -0.126. The number of aliphatic hydroxyl groups is 3. The molecule has 0 heterocycles. The van der Waals surface area contributed by atoms with Crippen LogP contribution in [0.3, 0.4) is 0 Å². The van der Waals surface area contributed by atoms with Crippen LogP contribution in [-0.4, -0.2) is 157 Å². The van der Waals surface area contributed by atoms with Gasteiger partial charge in [-0.15, -0.1) is 0 Å². The molecule has 0 aliphatic carbocycles. The number of nitrogens with one attached hydrogen (secondary N) is 1. The van der Waals surface area contributed by atoms with E-state index in [0.29, 0.717) is 32.2 Å². The van der Waals surface area contributed by atoms with Gasteiger partial charge in [0.15, 0.2) is 0 Å². The van der Waals surface area contributed by atoms with Crippen LogP contribution in [0.2, 0.25) is 12.1 Å². The Kier molecular flexibility index (Phi) is 24.1. The third-order valence-corrected chi connectivity index (χ3v) is 8.40. The first-order valence-corrected chi connectivity index (χ1v) is 18.9. The Labute approximate surface area is 247 Å². The molecule has 0 aromatic rings. The molecule has 0 spiro atoms. The lowest BCUT2D eigenvalue weighted by molar-refractivity contribution is -0.0106. The van der Waals surface area contributed by atoms with E-state index in [4.69, 9.17) is 43.0 Å². The largest absolute Gasteiger partial charge is 0.492 e. The molecule has 14 nitrogen and oxygen atoms in total.